The molecule has 2 unspecified atom stereocenters. The van der Waals surface area contributed by atoms with Crippen LogP contribution in [0.1, 0.15) is 36.7 Å². The number of carbonyl (C=O) groups excluding carboxylic acids is 1. The van der Waals surface area contributed by atoms with Gasteiger partial charge < -0.3 is 20.6 Å². The summed E-state index contributed by atoms with van der Waals surface area (Å²) in [4.78, 5) is 23.1. The van der Waals surface area contributed by atoms with Crippen molar-refractivity contribution >= 4 is 23.6 Å². The van der Waals surface area contributed by atoms with E-state index in [9.17, 15) is 9.18 Å². The van der Waals surface area contributed by atoms with E-state index in [0.29, 0.717) is 25.5 Å². The first-order chi connectivity index (χ1) is 13.4. The Morgan fingerprint density at radius 1 is 1.43 bits per heavy atom. The number of nitrogens with one attached hydrogen (secondary N) is 2. The summed E-state index contributed by atoms with van der Waals surface area (Å²) in [5.74, 6) is -0.0620. The van der Waals surface area contributed by atoms with Crippen LogP contribution in [0.5, 0.6) is 0 Å². The molecule has 2 aromatic rings. The number of carbonyl (C=O) groups is 1. The van der Waals surface area contributed by atoms with Gasteiger partial charge in [-0.05, 0) is 43.5 Å². The normalized spacial score (nSPS) is 15.5. The van der Waals surface area contributed by atoms with Crippen molar-refractivity contribution in [2.45, 2.75) is 38.9 Å². The summed E-state index contributed by atoms with van der Waals surface area (Å²) in [5.41, 5.74) is 2.51. The van der Waals surface area contributed by atoms with Gasteiger partial charge in [0.2, 0.25) is 5.95 Å². The average molecular weight is 408 g/mol. The van der Waals surface area contributed by atoms with Crippen LogP contribution in [0.15, 0.2) is 24.4 Å². The van der Waals surface area contributed by atoms with Crippen LogP contribution < -0.4 is 10.6 Å². The van der Waals surface area contributed by atoms with Crippen molar-refractivity contribution < 1.29 is 14.3 Å². The van der Waals surface area contributed by atoms with Crippen LogP contribution in [0.3, 0.4) is 0 Å². The predicted octanol–water partition coefficient (Wildman–Crippen LogP) is 2.89. The summed E-state index contributed by atoms with van der Waals surface area (Å²) in [5, 5.41) is 15.1. The van der Waals surface area contributed by atoms with Crippen molar-refractivity contribution in [1.82, 2.24) is 20.2 Å². The highest BCUT2D eigenvalue weighted by molar-refractivity contribution is 6.30. The number of fused-ring (bicyclic) bond motifs is 1. The maximum Gasteiger partial charge on any atom is 0.318 e. The number of aliphatic hydroxyl groups is 1. The van der Waals surface area contributed by atoms with Gasteiger partial charge in [-0.1, -0.05) is 17.7 Å². The molecule has 1 aliphatic rings. The number of hydrogen-bond acceptors (Lipinski definition) is 5. The van der Waals surface area contributed by atoms with E-state index in [1.54, 1.807) is 17.2 Å². The molecule has 3 N–H and O–H groups in total. The molecule has 1 aliphatic heterocycles. The fourth-order valence-electron chi connectivity index (χ4n) is 2.95. The minimum absolute atomic E-state index is 0.0272. The van der Waals surface area contributed by atoms with Crippen molar-refractivity contribution in [3.63, 3.8) is 0 Å². The second-order valence-electron chi connectivity index (χ2n) is 6.91. The Morgan fingerprint density at radius 2 is 2.21 bits per heavy atom. The van der Waals surface area contributed by atoms with Gasteiger partial charge in [0.15, 0.2) is 0 Å². The van der Waals surface area contributed by atoms with Crippen LogP contribution in [0.25, 0.3) is 0 Å². The maximum atomic E-state index is 13.3. The number of amides is 2. The molecule has 7 nitrogen and oxygen atoms in total. The number of benzene rings is 1. The number of aromatic nitrogens is 2. The molecule has 28 heavy (non-hydrogen) atoms. The van der Waals surface area contributed by atoms with E-state index in [-0.39, 0.29) is 29.7 Å². The minimum atomic E-state index is -0.490. The van der Waals surface area contributed by atoms with E-state index in [1.165, 1.54) is 12.1 Å². The molecule has 2 atom stereocenters. The third-order valence-electron chi connectivity index (χ3n) is 4.67. The van der Waals surface area contributed by atoms with Crippen molar-refractivity contribution in [3.05, 3.63) is 52.1 Å². The molecule has 0 bridgehead atoms. The van der Waals surface area contributed by atoms with Gasteiger partial charge in [-0.2, -0.15) is 0 Å². The third kappa shape index (κ3) is 4.69. The lowest BCUT2D eigenvalue weighted by molar-refractivity contribution is 0.188. The SMILES string of the molecule is CC(CO)Nc1ncc2c(n1)CN(C(=O)NC(C)c1ccc(F)c(Cl)c1)CC2. The Hall–Kier alpha value is -2.45. The van der Waals surface area contributed by atoms with E-state index in [0.717, 1.165) is 16.8 Å². The lowest BCUT2D eigenvalue weighted by atomic mass is 10.1. The molecule has 1 aromatic carbocycles. The van der Waals surface area contributed by atoms with E-state index in [1.807, 2.05) is 13.8 Å². The van der Waals surface area contributed by atoms with Crippen LogP contribution >= 0.6 is 11.6 Å². The number of nitrogens with zero attached hydrogens (tertiary/aromatic N) is 3. The van der Waals surface area contributed by atoms with Gasteiger partial charge in [0.25, 0.3) is 0 Å². The number of aliphatic hydroxyl groups excluding tert-OH is 1. The lowest BCUT2D eigenvalue weighted by Gasteiger charge is -2.29. The lowest BCUT2D eigenvalue weighted by Crippen LogP contribution is -2.44. The van der Waals surface area contributed by atoms with Crippen molar-refractivity contribution in [1.29, 1.82) is 0 Å². The first-order valence-electron chi connectivity index (χ1n) is 9.10. The van der Waals surface area contributed by atoms with Gasteiger partial charge in [0, 0.05) is 18.8 Å². The summed E-state index contributed by atoms with van der Waals surface area (Å²) in [7, 11) is 0. The number of rotatable bonds is 5. The summed E-state index contributed by atoms with van der Waals surface area (Å²) < 4.78 is 13.3. The summed E-state index contributed by atoms with van der Waals surface area (Å²) in [6.45, 7) is 4.54. The Morgan fingerprint density at radius 3 is 2.93 bits per heavy atom. The molecular weight excluding hydrogens is 385 g/mol. The van der Waals surface area contributed by atoms with Gasteiger partial charge in [-0.25, -0.2) is 19.2 Å². The Bertz CT molecular complexity index is 866. The van der Waals surface area contributed by atoms with Gasteiger partial charge >= 0.3 is 6.03 Å². The highest BCUT2D eigenvalue weighted by atomic mass is 35.5. The van der Waals surface area contributed by atoms with Crippen LogP contribution in [0.4, 0.5) is 15.1 Å². The smallest absolute Gasteiger partial charge is 0.318 e. The molecule has 3 rings (SSSR count). The molecule has 2 amide bonds. The third-order valence-corrected chi connectivity index (χ3v) is 4.96. The second kappa shape index (κ2) is 8.70. The highest BCUT2D eigenvalue weighted by Crippen LogP contribution is 2.22. The number of hydrogen-bond donors (Lipinski definition) is 3. The molecule has 0 fully saturated rings. The summed E-state index contributed by atoms with van der Waals surface area (Å²) in [6, 6.07) is 3.70. The summed E-state index contributed by atoms with van der Waals surface area (Å²) >= 11 is 5.83. The van der Waals surface area contributed by atoms with Crippen LogP contribution in [0.2, 0.25) is 5.02 Å². The van der Waals surface area contributed by atoms with Gasteiger partial charge in [-0.3, -0.25) is 0 Å². The zero-order chi connectivity index (χ0) is 20.3. The largest absolute Gasteiger partial charge is 0.394 e. The quantitative estimate of drug-likeness (QED) is 0.709. The molecule has 150 valence electrons. The van der Waals surface area contributed by atoms with Crippen LogP contribution in [-0.2, 0) is 13.0 Å². The molecule has 0 saturated heterocycles. The fraction of sp³-hybridized carbons (Fsp3) is 0.421. The molecular formula is C19H23ClFN5O2. The summed E-state index contributed by atoms with van der Waals surface area (Å²) in [6.07, 6.45) is 2.42. The molecule has 0 aliphatic carbocycles. The van der Waals surface area contributed by atoms with E-state index >= 15 is 0 Å². The monoisotopic (exact) mass is 407 g/mol. The van der Waals surface area contributed by atoms with Gasteiger partial charge in [0.05, 0.1) is 29.9 Å². The number of anilines is 1. The van der Waals surface area contributed by atoms with Crippen molar-refractivity contribution in [2.75, 3.05) is 18.5 Å². The van der Waals surface area contributed by atoms with Crippen molar-refractivity contribution in [3.8, 4) is 0 Å². The molecule has 1 aromatic heterocycles. The standard InChI is InChI=1S/C19H23ClFN5O2/c1-11(10-27)23-18-22-8-14-5-6-26(9-17(14)25-18)19(28)24-12(2)13-3-4-16(21)15(20)7-13/h3-4,7-8,11-12,27H,5-6,9-10H2,1-2H3,(H,24,28)(H,22,23,25). The molecule has 9 heteroatoms. The Labute approximate surface area is 167 Å². The Kier molecular flexibility index (Phi) is 6.31. The maximum absolute atomic E-state index is 13.3. The fourth-order valence-corrected chi connectivity index (χ4v) is 3.14. The first-order valence-corrected chi connectivity index (χ1v) is 9.47. The molecule has 0 saturated carbocycles. The molecule has 0 spiro atoms. The van der Waals surface area contributed by atoms with Gasteiger partial charge in [-0.15, -0.1) is 0 Å². The van der Waals surface area contributed by atoms with Crippen LogP contribution in [0, 0.1) is 5.82 Å². The number of urea groups is 1. The second-order valence-corrected chi connectivity index (χ2v) is 7.32. The van der Waals surface area contributed by atoms with E-state index in [2.05, 4.69) is 20.6 Å². The van der Waals surface area contributed by atoms with Crippen LogP contribution in [-0.4, -0.2) is 45.2 Å². The minimum Gasteiger partial charge on any atom is -0.394 e. The van der Waals surface area contributed by atoms with E-state index in [4.69, 9.17) is 16.7 Å². The topological polar surface area (TPSA) is 90.4 Å². The zero-order valence-electron chi connectivity index (χ0n) is 15.7. The first kappa shape index (κ1) is 20.3. The number of halogens is 2. The zero-order valence-corrected chi connectivity index (χ0v) is 16.5. The van der Waals surface area contributed by atoms with Crippen molar-refractivity contribution in [2.24, 2.45) is 0 Å². The van der Waals surface area contributed by atoms with Gasteiger partial charge in [0.1, 0.15) is 5.82 Å². The highest BCUT2D eigenvalue weighted by Gasteiger charge is 2.24. The van der Waals surface area contributed by atoms with E-state index < -0.39 is 5.82 Å². The average Bonchev–Trinajstić information content (AvgIpc) is 2.69. The predicted molar refractivity (Wildman–Crippen MR) is 105 cm³/mol. The molecule has 2 heterocycles. The Balaban J connectivity index is 1.66. The molecule has 0 radical (unpaired) electrons.